The van der Waals surface area contributed by atoms with Crippen molar-refractivity contribution in [2.24, 2.45) is 5.41 Å². The fourth-order valence-electron chi connectivity index (χ4n) is 4.16. The van der Waals surface area contributed by atoms with Crippen molar-refractivity contribution in [2.75, 3.05) is 13.3 Å². The van der Waals surface area contributed by atoms with Crippen LogP contribution in [-0.2, 0) is 9.53 Å². The van der Waals surface area contributed by atoms with Gasteiger partial charge in [0.2, 0.25) is 5.91 Å². The Morgan fingerprint density at radius 1 is 1.37 bits per heavy atom. The Morgan fingerprint density at radius 3 is 2.63 bits per heavy atom. The van der Waals surface area contributed by atoms with Gasteiger partial charge in [-0.2, -0.15) is 0 Å². The second-order valence-corrected chi connectivity index (χ2v) is 6.92. The molecule has 1 amide bonds. The molecule has 0 radical (unpaired) electrons. The Morgan fingerprint density at radius 2 is 2.05 bits per heavy atom. The first kappa shape index (κ1) is 13.4. The Bertz CT molecular complexity index is 374. The summed E-state index contributed by atoms with van der Waals surface area (Å²) in [5.41, 5.74) is -0.135. The van der Waals surface area contributed by atoms with Gasteiger partial charge in [-0.1, -0.05) is 26.7 Å². The van der Waals surface area contributed by atoms with Crippen molar-refractivity contribution < 1.29 is 9.53 Å². The van der Waals surface area contributed by atoms with Crippen molar-refractivity contribution in [2.45, 2.75) is 70.6 Å². The summed E-state index contributed by atoms with van der Waals surface area (Å²) in [5, 5.41) is 3.50. The van der Waals surface area contributed by atoms with E-state index in [0.29, 0.717) is 18.1 Å². The molecule has 2 saturated carbocycles. The van der Waals surface area contributed by atoms with Crippen molar-refractivity contribution in [1.29, 1.82) is 0 Å². The Kier molecular flexibility index (Phi) is 3.13. The van der Waals surface area contributed by atoms with E-state index in [-0.39, 0.29) is 11.0 Å². The summed E-state index contributed by atoms with van der Waals surface area (Å²) in [4.78, 5) is 14.8. The van der Waals surface area contributed by atoms with Crippen LogP contribution in [0.15, 0.2) is 0 Å². The second kappa shape index (κ2) is 4.45. The summed E-state index contributed by atoms with van der Waals surface area (Å²) < 4.78 is 5.78. The van der Waals surface area contributed by atoms with Gasteiger partial charge in [0.15, 0.2) is 0 Å². The highest BCUT2D eigenvalue weighted by Gasteiger charge is 2.58. The van der Waals surface area contributed by atoms with Gasteiger partial charge in [-0.05, 0) is 26.2 Å². The number of amides is 1. The fourth-order valence-corrected chi connectivity index (χ4v) is 4.16. The van der Waals surface area contributed by atoms with Crippen LogP contribution in [0.3, 0.4) is 0 Å². The zero-order valence-corrected chi connectivity index (χ0v) is 12.4. The lowest BCUT2D eigenvalue weighted by Crippen LogP contribution is -2.63. The minimum atomic E-state index is -0.215. The molecule has 0 aromatic rings. The van der Waals surface area contributed by atoms with Crippen molar-refractivity contribution in [3.8, 4) is 0 Å². The monoisotopic (exact) mass is 266 g/mol. The molecule has 108 valence electrons. The number of nitrogens with one attached hydrogen (secondary N) is 1. The van der Waals surface area contributed by atoms with E-state index in [9.17, 15) is 4.79 Å². The molecule has 2 unspecified atom stereocenters. The van der Waals surface area contributed by atoms with Crippen LogP contribution in [0.2, 0.25) is 0 Å². The lowest BCUT2D eigenvalue weighted by Gasteiger charge is -2.54. The Balaban J connectivity index is 1.70. The zero-order valence-electron chi connectivity index (χ0n) is 12.4. The van der Waals surface area contributed by atoms with Crippen LogP contribution < -0.4 is 5.32 Å². The lowest BCUT2D eigenvalue weighted by molar-refractivity contribution is -0.164. The summed E-state index contributed by atoms with van der Waals surface area (Å²) in [6, 6.07) is 0.337. The number of rotatable bonds is 3. The molecule has 19 heavy (non-hydrogen) atoms. The van der Waals surface area contributed by atoms with Crippen molar-refractivity contribution >= 4 is 5.91 Å². The normalized spacial score (nSPS) is 35.9. The number of carbonyl (C=O) groups is 1. The van der Waals surface area contributed by atoms with E-state index in [4.69, 9.17) is 4.74 Å². The van der Waals surface area contributed by atoms with E-state index in [1.807, 2.05) is 6.92 Å². The third-order valence-electron chi connectivity index (χ3n) is 5.59. The Hall–Kier alpha value is -0.610. The van der Waals surface area contributed by atoms with Crippen LogP contribution in [0.4, 0.5) is 0 Å². The molecule has 3 rings (SSSR count). The predicted molar refractivity (Wildman–Crippen MR) is 73.6 cm³/mol. The lowest BCUT2D eigenvalue weighted by atomic mass is 9.63. The smallest absolute Gasteiger partial charge is 0.244 e. The van der Waals surface area contributed by atoms with Crippen LogP contribution in [0.5, 0.6) is 0 Å². The third kappa shape index (κ3) is 1.83. The molecule has 0 bridgehead atoms. The predicted octanol–water partition coefficient (Wildman–Crippen LogP) is 1.89. The van der Waals surface area contributed by atoms with E-state index < -0.39 is 0 Å². The molecule has 1 N–H and O–H groups in total. The molecule has 1 saturated heterocycles. The minimum Gasteiger partial charge on any atom is -0.378 e. The standard InChI is InChI=1S/C15H26N2O2/c1-4-19-12-9-11(14(12,2)3)17-10-16-15(13(17)18)7-5-6-8-15/h11-12,16H,4-10H2,1-3H3. The number of hydrogen-bond donors (Lipinski definition) is 1. The number of nitrogens with zero attached hydrogens (tertiary/aromatic N) is 1. The van der Waals surface area contributed by atoms with Gasteiger partial charge in [-0.25, -0.2) is 0 Å². The molecule has 1 spiro atoms. The van der Waals surface area contributed by atoms with Gasteiger partial charge in [-0.15, -0.1) is 0 Å². The average molecular weight is 266 g/mol. The van der Waals surface area contributed by atoms with Gasteiger partial charge in [0, 0.05) is 18.1 Å². The first-order chi connectivity index (χ1) is 9.01. The van der Waals surface area contributed by atoms with Gasteiger partial charge in [-0.3, -0.25) is 10.1 Å². The topological polar surface area (TPSA) is 41.6 Å². The fraction of sp³-hybridized carbons (Fsp3) is 0.933. The number of hydrogen-bond acceptors (Lipinski definition) is 3. The summed E-state index contributed by atoms with van der Waals surface area (Å²) in [6.45, 7) is 7.99. The van der Waals surface area contributed by atoms with Crippen molar-refractivity contribution in [3.63, 3.8) is 0 Å². The molecular weight excluding hydrogens is 240 g/mol. The minimum absolute atomic E-state index is 0.0808. The van der Waals surface area contributed by atoms with Gasteiger partial charge in [0.05, 0.1) is 18.3 Å². The summed E-state index contributed by atoms with van der Waals surface area (Å²) in [5.74, 6) is 0.345. The largest absolute Gasteiger partial charge is 0.378 e. The maximum absolute atomic E-state index is 12.7. The maximum atomic E-state index is 12.7. The number of ether oxygens (including phenoxy) is 1. The Labute approximate surface area is 115 Å². The SMILES string of the molecule is CCOC1CC(N2CNC3(CCCC3)C2=O)C1(C)C. The van der Waals surface area contributed by atoms with Crippen LogP contribution in [0.25, 0.3) is 0 Å². The molecule has 2 aliphatic carbocycles. The van der Waals surface area contributed by atoms with Crippen molar-refractivity contribution in [1.82, 2.24) is 10.2 Å². The molecule has 1 heterocycles. The van der Waals surface area contributed by atoms with E-state index in [1.54, 1.807) is 0 Å². The van der Waals surface area contributed by atoms with Crippen molar-refractivity contribution in [3.05, 3.63) is 0 Å². The quantitative estimate of drug-likeness (QED) is 0.848. The summed E-state index contributed by atoms with van der Waals surface area (Å²) >= 11 is 0. The molecular formula is C15H26N2O2. The molecule has 4 nitrogen and oxygen atoms in total. The van der Waals surface area contributed by atoms with Gasteiger partial charge < -0.3 is 9.64 Å². The zero-order chi connectivity index (χ0) is 13.7. The van der Waals surface area contributed by atoms with Crippen LogP contribution in [-0.4, -0.2) is 41.8 Å². The summed E-state index contributed by atoms with van der Waals surface area (Å²) in [7, 11) is 0. The molecule has 0 aromatic heterocycles. The molecule has 4 heteroatoms. The molecule has 0 aromatic carbocycles. The molecule has 3 aliphatic rings. The first-order valence-corrected chi connectivity index (χ1v) is 7.69. The highest BCUT2D eigenvalue weighted by molar-refractivity contribution is 5.89. The molecule has 3 fully saturated rings. The van der Waals surface area contributed by atoms with Crippen LogP contribution >= 0.6 is 0 Å². The third-order valence-corrected chi connectivity index (χ3v) is 5.59. The second-order valence-electron chi connectivity index (χ2n) is 6.92. The van der Waals surface area contributed by atoms with E-state index in [1.165, 1.54) is 12.8 Å². The van der Waals surface area contributed by atoms with Gasteiger partial charge in [0.25, 0.3) is 0 Å². The highest BCUT2D eigenvalue weighted by atomic mass is 16.5. The van der Waals surface area contributed by atoms with Gasteiger partial charge in [0.1, 0.15) is 0 Å². The summed E-state index contributed by atoms with van der Waals surface area (Å²) in [6.07, 6.45) is 5.69. The highest BCUT2D eigenvalue weighted by Crippen LogP contribution is 2.48. The van der Waals surface area contributed by atoms with Crippen LogP contribution in [0, 0.1) is 5.41 Å². The first-order valence-electron chi connectivity index (χ1n) is 7.69. The van der Waals surface area contributed by atoms with E-state index >= 15 is 0 Å². The van der Waals surface area contributed by atoms with E-state index in [2.05, 4.69) is 24.1 Å². The average Bonchev–Trinajstić information content (AvgIpc) is 2.97. The van der Waals surface area contributed by atoms with E-state index in [0.717, 1.165) is 32.5 Å². The maximum Gasteiger partial charge on any atom is 0.244 e. The van der Waals surface area contributed by atoms with Gasteiger partial charge >= 0.3 is 0 Å². The molecule has 2 atom stereocenters. The molecule has 1 aliphatic heterocycles. The van der Waals surface area contributed by atoms with Crippen LogP contribution in [0.1, 0.15) is 52.9 Å². The number of carbonyl (C=O) groups excluding carboxylic acids is 1.